The normalized spacial score (nSPS) is 21.3. The molecule has 1 aliphatic heterocycles. The minimum absolute atomic E-state index is 0.0579. The van der Waals surface area contributed by atoms with Crippen LogP contribution in [-0.4, -0.2) is 63.6 Å². The minimum atomic E-state index is -0.116. The fraction of sp³-hybridized carbons (Fsp3) is 0.562. The van der Waals surface area contributed by atoms with E-state index < -0.39 is 0 Å². The van der Waals surface area contributed by atoms with Crippen molar-refractivity contribution in [1.82, 2.24) is 29.7 Å². The van der Waals surface area contributed by atoms with Gasteiger partial charge in [-0.25, -0.2) is 4.52 Å². The monoisotopic (exact) mass is 332 g/mol. The Bertz CT molecular complexity index is 749. The molecule has 2 aromatic rings. The first-order valence-corrected chi connectivity index (χ1v) is 8.20. The quantitative estimate of drug-likeness (QED) is 0.807. The van der Waals surface area contributed by atoms with E-state index in [9.17, 15) is 9.59 Å². The highest BCUT2D eigenvalue weighted by atomic mass is 16.2. The molecule has 1 saturated heterocycles. The van der Waals surface area contributed by atoms with E-state index >= 15 is 0 Å². The Balaban J connectivity index is 1.59. The molecular weight excluding hydrogens is 308 g/mol. The van der Waals surface area contributed by atoms with Gasteiger partial charge < -0.3 is 15.2 Å². The molecule has 2 amide bonds. The molecule has 0 aromatic carbocycles. The lowest BCUT2D eigenvalue weighted by molar-refractivity contribution is -0.121. The number of amides is 2. The van der Waals surface area contributed by atoms with Crippen LogP contribution in [0.15, 0.2) is 18.6 Å². The van der Waals surface area contributed by atoms with Crippen LogP contribution in [0.1, 0.15) is 29.6 Å². The van der Waals surface area contributed by atoms with Crippen molar-refractivity contribution in [2.75, 3.05) is 20.6 Å². The SMILES string of the molecule is CNC(=O)C[C@H]1CC[C@@H](CNC(=O)c2cnn3ccn(C)c23)N1C. The Morgan fingerprint density at radius 1 is 1.25 bits per heavy atom. The number of aryl methyl sites for hydroxylation is 1. The largest absolute Gasteiger partial charge is 0.359 e. The highest BCUT2D eigenvalue weighted by Gasteiger charge is 2.31. The Morgan fingerprint density at radius 3 is 2.75 bits per heavy atom. The van der Waals surface area contributed by atoms with Crippen LogP contribution >= 0.6 is 0 Å². The summed E-state index contributed by atoms with van der Waals surface area (Å²) in [6, 6.07) is 0.491. The predicted molar refractivity (Wildman–Crippen MR) is 89.8 cm³/mol. The van der Waals surface area contributed by atoms with Crippen molar-refractivity contribution in [2.24, 2.45) is 7.05 Å². The van der Waals surface area contributed by atoms with E-state index in [0.29, 0.717) is 18.5 Å². The predicted octanol–water partition coefficient (Wildman–Crippen LogP) is 0.00150. The number of rotatable bonds is 5. The lowest BCUT2D eigenvalue weighted by atomic mass is 10.1. The molecule has 0 saturated carbocycles. The van der Waals surface area contributed by atoms with E-state index in [1.807, 2.05) is 31.1 Å². The summed E-state index contributed by atoms with van der Waals surface area (Å²) >= 11 is 0. The van der Waals surface area contributed by atoms with Crippen LogP contribution < -0.4 is 10.6 Å². The van der Waals surface area contributed by atoms with Crippen LogP contribution in [0.4, 0.5) is 0 Å². The number of nitrogens with one attached hydrogen (secondary N) is 2. The summed E-state index contributed by atoms with van der Waals surface area (Å²) in [7, 11) is 5.57. The number of imidazole rings is 1. The van der Waals surface area contributed by atoms with Crippen molar-refractivity contribution in [3.05, 3.63) is 24.2 Å². The van der Waals surface area contributed by atoms with Gasteiger partial charge in [-0.05, 0) is 19.9 Å². The zero-order valence-corrected chi connectivity index (χ0v) is 14.3. The fourth-order valence-electron chi connectivity index (χ4n) is 3.41. The Morgan fingerprint density at radius 2 is 2.00 bits per heavy atom. The Labute approximate surface area is 140 Å². The van der Waals surface area contributed by atoms with Crippen LogP contribution in [0, 0.1) is 0 Å². The van der Waals surface area contributed by atoms with Crippen LogP contribution in [0.5, 0.6) is 0 Å². The van der Waals surface area contributed by atoms with Crippen molar-refractivity contribution in [3.8, 4) is 0 Å². The molecule has 0 spiro atoms. The number of hydrogen-bond donors (Lipinski definition) is 2. The number of likely N-dealkylation sites (tertiary alicyclic amines) is 1. The molecule has 2 aromatic heterocycles. The number of fused-ring (bicyclic) bond motifs is 1. The number of hydrogen-bond acceptors (Lipinski definition) is 4. The second-order valence-corrected chi connectivity index (χ2v) is 6.37. The average Bonchev–Trinajstić information content (AvgIpc) is 3.24. The molecule has 130 valence electrons. The number of carbonyl (C=O) groups is 2. The topological polar surface area (TPSA) is 83.7 Å². The number of nitrogens with zero attached hydrogens (tertiary/aromatic N) is 4. The number of carbonyl (C=O) groups excluding carboxylic acids is 2. The van der Waals surface area contributed by atoms with E-state index in [2.05, 4.69) is 20.6 Å². The molecular formula is C16H24N6O2. The van der Waals surface area contributed by atoms with Crippen LogP contribution in [-0.2, 0) is 11.8 Å². The van der Waals surface area contributed by atoms with Gasteiger partial charge in [-0.3, -0.25) is 14.5 Å². The molecule has 3 heterocycles. The summed E-state index contributed by atoms with van der Waals surface area (Å²) in [5.74, 6) is -0.0579. The van der Waals surface area contributed by atoms with Gasteiger partial charge >= 0.3 is 0 Å². The maximum atomic E-state index is 12.5. The van der Waals surface area contributed by atoms with Crippen molar-refractivity contribution in [1.29, 1.82) is 0 Å². The van der Waals surface area contributed by atoms with Crippen LogP contribution in [0.25, 0.3) is 5.65 Å². The Kier molecular flexibility index (Phi) is 4.57. The summed E-state index contributed by atoms with van der Waals surface area (Å²) in [4.78, 5) is 26.2. The standard InChI is InChI=1S/C16H24N6O2/c1-17-14(23)8-11-4-5-12(21(11)3)9-18-15(24)13-10-19-22-7-6-20(2)16(13)22/h6-7,10-12H,4-5,8-9H2,1-3H3,(H,17,23)(H,18,24)/t11-,12+/m1/s1. The van der Waals surface area contributed by atoms with E-state index in [1.165, 1.54) is 0 Å². The minimum Gasteiger partial charge on any atom is -0.359 e. The van der Waals surface area contributed by atoms with E-state index in [1.54, 1.807) is 17.8 Å². The van der Waals surface area contributed by atoms with Crippen LogP contribution in [0.2, 0.25) is 0 Å². The maximum Gasteiger partial charge on any atom is 0.256 e. The van der Waals surface area contributed by atoms with Gasteiger partial charge in [-0.1, -0.05) is 0 Å². The lowest BCUT2D eigenvalue weighted by Crippen LogP contribution is -2.42. The average molecular weight is 332 g/mol. The highest BCUT2D eigenvalue weighted by Crippen LogP contribution is 2.24. The first kappa shape index (κ1) is 16.5. The van der Waals surface area contributed by atoms with Gasteiger partial charge in [0.1, 0.15) is 11.2 Å². The fourth-order valence-corrected chi connectivity index (χ4v) is 3.41. The van der Waals surface area contributed by atoms with Gasteiger partial charge in [-0.2, -0.15) is 5.10 Å². The maximum absolute atomic E-state index is 12.5. The summed E-state index contributed by atoms with van der Waals surface area (Å²) in [5, 5.41) is 9.87. The zero-order valence-electron chi connectivity index (χ0n) is 14.3. The first-order valence-electron chi connectivity index (χ1n) is 8.20. The third kappa shape index (κ3) is 3.01. The summed E-state index contributed by atoms with van der Waals surface area (Å²) < 4.78 is 3.57. The van der Waals surface area contributed by atoms with Gasteiger partial charge in [0.2, 0.25) is 5.91 Å². The van der Waals surface area contributed by atoms with Gasteiger partial charge in [0.15, 0.2) is 0 Å². The third-order valence-corrected chi connectivity index (χ3v) is 4.96. The molecule has 1 fully saturated rings. The number of likely N-dealkylation sites (N-methyl/N-ethyl adjacent to an activating group) is 1. The second kappa shape index (κ2) is 6.64. The van der Waals surface area contributed by atoms with Gasteiger partial charge in [0, 0.05) is 51.5 Å². The van der Waals surface area contributed by atoms with Crippen molar-refractivity contribution < 1.29 is 9.59 Å². The zero-order chi connectivity index (χ0) is 17.3. The van der Waals surface area contributed by atoms with Gasteiger partial charge in [-0.15, -0.1) is 0 Å². The van der Waals surface area contributed by atoms with E-state index in [4.69, 9.17) is 0 Å². The smallest absolute Gasteiger partial charge is 0.256 e. The van der Waals surface area contributed by atoms with Crippen molar-refractivity contribution in [3.63, 3.8) is 0 Å². The third-order valence-electron chi connectivity index (χ3n) is 4.96. The lowest BCUT2D eigenvalue weighted by Gasteiger charge is -2.25. The molecule has 0 radical (unpaired) electrons. The van der Waals surface area contributed by atoms with E-state index in [-0.39, 0.29) is 23.9 Å². The van der Waals surface area contributed by atoms with Crippen LogP contribution in [0.3, 0.4) is 0 Å². The molecule has 2 atom stereocenters. The molecule has 24 heavy (non-hydrogen) atoms. The summed E-state index contributed by atoms with van der Waals surface area (Å²) in [6.07, 6.45) is 7.74. The molecule has 0 bridgehead atoms. The molecule has 0 aliphatic carbocycles. The molecule has 8 nitrogen and oxygen atoms in total. The second-order valence-electron chi connectivity index (χ2n) is 6.37. The molecule has 3 rings (SSSR count). The first-order chi connectivity index (χ1) is 11.5. The molecule has 0 unspecified atom stereocenters. The Hall–Kier alpha value is -2.35. The number of aromatic nitrogens is 3. The molecule has 1 aliphatic rings. The van der Waals surface area contributed by atoms with Crippen molar-refractivity contribution in [2.45, 2.75) is 31.3 Å². The van der Waals surface area contributed by atoms with E-state index in [0.717, 1.165) is 18.5 Å². The molecule has 2 N–H and O–H groups in total. The van der Waals surface area contributed by atoms with Crippen molar-refractivity contribution >= 4 is 17.5 Å². The highest BCUT2D eigenvalue weighted by molar-refractivity contribution is 5.99. The summed E-state index contributed by atoms with van der Waals surface area (Å²) in [5.41, 5.74) is 1.36. The molecule has 8 heteroatoms. The van der Waals surface area contributed by atoms with Gasteiger partial charge in [0.05, 0.1) is 6.20 Å². The van der Waals surface area contributed by atoms with Gasteiger partial charge in [0.25, 0.3) is 5.91 Å². The summed E-state index contributed by atoms with van der Waals surface area (Å²) in [6.45, 7) is 0.571.